The number of rotatable bonds is 8. The van der Waals surface area contributed by atoms with Gasteiger partial charge in [0.15, 0.2) is 0 Å². The van der Waals surface area contributed by atoms with Crippen molar-refractivity contribution in [3.63, 3.8) is 0 Å². The van der Waals surface area contributed by atoms with Crippen LogP contribution >= 0.6 is 11.8 Å². The van der Waals surface area contributed by atoms with Gasteiger partial charge in [0.2, 0.25) is 5.89 Å². The molecule has 0 radical (unpaired) electrons. The van der Waals surface area contributed by atoms with E-state index >= 15 is 0 Å². The second-order valence-electron chi connectivity index (χ2n) is 4.79. The maximum Gasteiger partial charge on any atom is 0.276 e. The van der Waals surface area contributed by atoms with Crippen molar-refractivity contribution in [3.05, 3.63) is 35.7 Å². The lowest BCUT2D eigenvalue weighted by atomic mass is 10.1. The second kappa shape index (κ2) is 8.05. The van der Waals surface area contributed by atoms with Gasteiger partial charge in [-0.2, -0.15) is 0 Å². The van der Waals surface area contributed by atoms with Crippen LogP contribution in [-0.2, 0) is 6.42 Å². The van der Waals surface area contributed by atoms with Gasteiger partial charge in [-0.05, 0) is 25.8 Å². The Balaban J connectivity index is 1.88. The van der Waals surface area contributed by atoms with Crippen LogP contribution in [0.15, 0.2) is 33.9 Å². The predicted molar refractivity (Wildman–Crippen MR) is 81.7 cm³/mol. The number of hydrogen-bond acceptors (Lipinski definition) is 6. The molecule has 1 aromatic carbocycles. The summed E-state index contributed by atoms with van der Waals surface area (Å²) in [6, 6.07) is 7.79. The Bertz CT molecular complexity index is 557. The van der Waals surface area contributed by atoms with E-state index in [1.165, 1.54) is 11.8 Å². The van der Waals surface area contributed by atoms with Gasteiger partial charge in [-0.25, -0.2) is 0 Å². The smallest absolute Gasteiger partial charge is 0.276 e. The first-order valence-electron chi connectivity index (χ1n) is 6.94. The van der Waals surface area contributed by atoms with Crippen LogP contribution in [0.1, 0.15) is 31.2 Å². The van der Waals surface area contributed by atoms with Gasteiger partial charge in [-0.3, -0.25) is 0 Å². The van der Waals surface area contributed by atoms with Gasteiger partial charge in [0.05, 0.1) is 19.6 Å². The molecule has 0 amide bonds. The lowest BCUT2D eigenvalue weighted by Gasteiger charge is -2.05. The molecule has 0 fully saturated rings. The van der Waals surface area contributed by atoms with Gasteiger partial charge in [0.25, 0.3) is 5.22 Å². The first-order chi connectivity index (χ1) is 10.2. The lowest BCUT2D eigenvalue weighted by molar-refractivity contribution is 0.184. The summed E-state index contributed by atoms with van der Waals surface area (Å²) in [6.45, 7) is 1.79. The minimum Gasteiger partial charge on any atom is -0.496 e. The van der Waals surface area contributed by atoms with Crippen molar-refractivity contribution in [2.24, 2.45) is 0 Å². The van der Waals surface area contributed by atoms with Crippen LogP contribution in [0, 0.1) is 0 Å². The highest BCUT2D eigenvalue weighted by Gasteiger charge is 2.10. The number of ether oxygens (including phenoxy) is 1. The fraction of sp³-hybridized carbons (Fsp3) is 0.467. The van der Waals surface area contributed by atoms with E-state index in [1.54, 1.807) is 14.0 Å². The molecule has 0 bridgehead atoms. The normalized spacial score (nSPS) is 12.3. The van der Waals surface area contributed by atoms with Crippen molar-refractivity contribution < 1.29 is 14.3 Å². The molecular formula is C15H20N2O3S. The molecule has 0 saturated heterocycles. The monoisotopic (exact) mass is 308 g/mol. The highest BCUT2D eigenvalue weighted by molar-refractivity contribution is 7.99. The standard InChI is InChI=1S/C15H20N2O3S/c1-11(18)6-5-9-21-15-17-16-14(20-15)10-12-7-3-4-8-13(12)19-2/h3-4,7-8,11,18H,5-6,9-10H2,1-2H3/t11-/m0/s1. The molecule has 114 valence electrons. The summed E-state index contributed by atoms with van der Waals surface area (Å²) in [7, 11) is 1.65. The number of aromatic nitrogens is 2. The number of hydrogen-bond donors (Lipinski definition) is 1. The summed E-state index contributed by atoms with van der Waals surface area (Å²) < 4.78 is 10.9. The first-order valence-corrected chi connectivity index (χ1v) is 7.92. The van der Waals surface area contributed by atoms with Crippen LogP contribution in [0.5, 0.6) is 5.75 Å². The first kappa shape index (κ1) is 15.9. The highest BCUT2D eigenvalue weighted by atomic mass is 32.2. The summed E-state index contributed by atoms with van der Waals surface area (Å²) in [4.78, 5) is 0. The van der Waals surface area contributed by atoms with Crippen molar-refractivity contribution in [1.29, 1.82) is 0 Å². The van der Waals surface area contributed by atoms with Gasteiger partial charge in [0, 0.05) is 11.3 Å². The van der Waals surface area contributed by atoms with Gasteiger partial charge >= 0.3 is 0 Å². The number of thioether (sulfide) groups is 1. The average Bonchev–Trinajstić information content (AvgIpc) is 2.91. The molecule has 1 N–H and O–H groups in total. The van der Waals surface area contributed by atoms with Crippen molar-refractivity contribution in [2.45, 2.75) is 37.5 Å². The molecule has 2 rings (SSSR count). The summed E-state index contributed by atoms with van der Waals surface area (Å²) >= 11 is 1.52. The van der Waals surface area contributed by atoms with E-state index in [9.17, 15) is 5.11 Å². The van der Waals surface area contributed by atoms with E-state index in [4.69, 9.17) is 9.15 Å². The third kappa shape index (κ3) is 5.06. The zero-order chi connectivity index (χ0) is 15.1. The maximum absolute atomic E-state index is 9.19. The fourth-order valence-corrected chi connectivity index (χ4v) is 2.66. The molecule has 0 spiro atoms. The minimum atomic E-state index is -0.255. The number of benzene rings is 1. The van der Waals surface area contributed by atoms with Crippen molar-refractivity contribution >= 4 is 11.8 Å². The van der Waals surface area contributed by atoms with Crippen molar-refractivity contribution in [3.8, 4) is 5.75 Å². The van der Waals surface area contributed by atoms with E-state index in [1.807, 2.05) is 24.3 Å². The molecule has 21 heavy (non-hydrogen) atoms. The quantitative estimate of drug-likeness (QED) is 0.597. The molecule has 2 aromatic rings. The summed E-state index contributed by atoms with van der Waals surface area (Å²) in [6.07, 6.45) is 2.02. The summed E-state index contributed by atoms with van der Waals surface area (Å²) in [5.74, 6) is 2.26. The molecular weight excluding hydrogens is 288 g/mol. The van der Waals surface area contributed by atoms with E-state index in [0.29, 0.717) is 17.5 Å². The Morgan fingerprint density at radius 2 is 2.14 bits per heavy atom. The van der Waals surface area contributed by atoms with E-state index in [0.717, 1.165) is 29.9 Å². The lowest BCUT2D eigenvalue weighted by Crippen LogP contribution is -1.99. The fourth-order valence-electron chi connectivity index (χ4n) is 1.92. The molecule has 1 heterocycles. The molecule has 6 heteroatoms. The molecule has 0 aliphatic heterocycles. The highest BCUT2D eigenvalue weighted by Crippen LogP contribution is 2.23. The van der Waals surface area contributed by atoms with Crippen LogP contribution in [0.4, 0.5) is 0 Å². The minimum absolute atomic E-state index is 0.255. The summed E-state index contributed by atoms with van der Waals surface area (Å²) in [5.41, 5.74) is 1.02. The number of aliphatic hydroxyl groups excluding tert-OH is 1. The molecule has 0 aliphatic carbocycles. The second-order valence-corrected chi connectivity index (χ2v) is 5.84. The molecule has 0 aliphatic rings. The van der Waals surface area contributed by atoms with Crippen molar-refractivity contribution in [2.75, 3.05) is 12.9 Å². The molecule has 0 unspecified atom stereocenters. The van der Waals surface area contributed by atoms with Crippen molar-refractivity contribution in [1.82, 2.24) is 10.2 Å². The van der Waals surface area contributed by atoms with Gasteiger partial charge in [-0.15, -0.1) is 10.2 Å². The average molecular weight is 308 g/mol. The zero-order valence-corrected chi connectivity index (χ0v) is 13.1. The topological polar surface area (TPSA) is 68.4 Å². The SMILES string of the molecule is COc1ccccc1Cc1nnc(SCCC[C@H](C)O)o1. The number of methoxy groups -OCH3 is 1. The predicted octanol–water partition coefficient (Wildman–Crippen LogP) is 2.92. The van der Waals surface area contributed by atoms with E-state index in [-0.39, 0.29) is 6.10 Å². The van der Waals surface area contributed by atoms with Crippen LogP contribution in [-0.4, -0.2) is 34.3 Å². The third-order valence-electron chi connectivity index (χ3n) is 2.97. The number of aliphatic hydroxyl groups is 1. The molecule has 5 nitrogen and oxygen atoms in total. The zero-order valence-electron chi connectivity index (χ0n) is 12.3. The largest absolute Gasteiger partial charge is 0.496 e. The van der Waals surface area contributed by atoms with Crippen LogP contribution < -0.4 is 4.74 Å². The molecule has 0 saturated carbocycles. The van der Waals surface area contributed by atoms with Crippen LogP contribution in [0.3, 0.4) is 0 Å². The van der Waals surface area contributed by atoms with E-state index in [2.05, 4.69) is 10.2 Å². The Labute approximate surface area is 128 Å². The molecule has 1 aromatic heterocycles. The summed E-state index contributed by atoms with van der Waals surface area (Å²) in [5, 5.41) is 17.9. The van der Waals surface area contributed by atoms with Gasteiger partial charge < -0.3 is 14.3 Å². The maximum atomic E-state index is 9.19. The van der Waals surface area contributed by atoms with Crippen LogP contribution in [0.2, 0.25) is 0 Å². The Morgan fingerprint density at radius 1 is 1.33 bits per heavy atom. The Morgan fingerprint density at radius 3 is 2.90 bits per heavy atom. The van der Waals surface area contributed by atoms with Gasteiger partial charge in [0.1, 0.15) is 5.75 Å². The number of nitrogens with zero attached hydrogens (tertiary/aromatic N) is 2. The molecule has 1 atom stereocenters. The Kier molecular flexibility index (Phi) is 6.07. The van der Waals surface area contributed by atoms with Gasteiger partial charge in [-0.1, -0.05) is 30.0 Å². The number of para-hydroxylation sites is 1. The Hall–Kier alpha value is -1.53. The third-order valence-corrected chi connectivity index (χ3v) is 3.88. The van der Waals surface area contributed by atoms with Crippen LogP contribution in [0.25, 0.3) is 0 Å². The van der Waals surface area contributed by atoms with E-state index < -0.39 is 0 Å².